The topological polar surface area (TPSA) is 40.8 Å². The Bertz CT molecular complexity index is 2450. The van der Waals surface area contributed by atoms with Gasteiger partial charge in [-0.15, -0.1) is 0 Å². The van der Waals surface area contributed by atoms with E-state index in [0.717, 1.165) is 28.8 Å². The molecule has 5 aromatic carbocycles. The number of hydrogen-bond acceptors (Lipinski definition) is 2. The van der Waals surface area contributed by atoms with Gasteiger partial charge in [0.05, 0.1) is 22.6 Å². The summed E-state index contributed by atoms with van der Waals surface area (Å²) in [4.78, 5) is 0. The molecule has 0 fully saturated rings. The predicted molar refractivity (Wildman–Crippen MR) is 211 cm³/mol. The van der Waals surface area contributed by atoms with Crippen LogP contribution in [-0.4, -0.2) is 10.4 Å². The van der Waals surface area contributed by atoms with Crippen LogP contribution in [0.5, 0.6) is 0 Å². The van der Waals surface area contributed by atoms with Crippen molar-refractivity contribution in [3.8, 4) is 22.3 Å². The molecule has 0 amide bonds. The van der Waals surface area contributed by atoms with Gasteiger partial charge in [0.1, 0.15) is 0 Å². The van der Waals surface area contributed by atoms with Crippen molar-refractivity contribution < 1.29 is 0 Å². The fourth-order valence-electron chi connectivity index (χ4n) is 8.42. The van der Waals surface area contributed by atoms with Gasteiger partial charge < -0.3 is 5.41 Å². The van der Waals surface area contributed by atoms with Crippen molar-refractivity contribution >= 4 is 34.0 Å². The van der Waals surface area contributed by atoms with E-state index in [1.165, 1.54) is 55.6 Å². The molecule has 0 saturated carbocycles. The minimum Gasteiger partial charge on any atom is -0.300 e. The molecule has 3 nitrogen and oxygen atoms in total. The molecule has 6 aromatic rings. The maximum absolute atomic E-state index is 8.92. The van der Waals surface area contributed by atoms with Crippen molar-refractivity contribution in [2.75, 3.05) is 5.43 Å². The Morgan fingerprint density at radius 2 is 1.30 bits per heavy atom. The molecule has 3 aliphatic rings. The maximum Gasteiger partial charge on any atom is 0.0712 e. The Balaban J connectivity index is 1.29. The van der Waals surface area contributed by atoms with Gasteiger partial charge >= 0.3 is 0 Å². The van der Waals surface area contributed by atoms with Crippen LogP contribution < -0.4 is 5.43 Å². The van der Waals surface area contributed by atoms with Gasteiger partial charge in [-0.05, 0) is 75.2 Å². The number of aromatic nitrogens is 1. The lowest BCUT2D eigenvalue weighted by atomic mass is 9.61. The van der Waals surface area contributed by atoms with Crippen LogP contribution >= 0.6 is 0 Å². The van der Waals surface area contributed by atoms with Gasteiger partial charge in [-0.25, -0.2) is 0 Å². The van der Waals surface area contributed by atoms with Crippen molar-refractivity contribution in [1.82, 2.24) is 4.68 Å². The summed E-state index contributed by atoms with van der Waals surface area (Å²) in [5.41, 5.74) is 19.7. The molecular weight excluding hydrogens is 607 g/mol. The lowest BCUT2D eigenvalue weighted by Gasteiger charge is -2.42. The van der Waals surface area contributed by atoms with E-state index < -0.39 is 0 Å². The molecular formula is C47H39N3. The van der Waals surface area contributed by atoms with E-state index >= 15 is 0 Å². The first-order chi connectivity index (χ1) is 24.3. The average Bonchev–Trinajstić information content (AvgIpc) is 3.54. The molecule has 0 bridgehead atoms. The van der Waals surface area contributed by atoms with Crippen LogP contribution in [0.25, 0.3) is 50.5 Å². The molecule has 3 heteroatoms. The van der Waals surface area contributed by atoms with E-state index in [-0.39, 0.29) is 10.8 Å². The zero-order valence-electron chi connectivity index (χ0n) is 28.7. The van der Waals surface area contributed by atoms with E-state index in [2.05, 4.69) is 158 Å². The third kappa shape index (κ3) is 4.54. The summed E-state index contributed by atoms with van der Waals surface area (Å²) in [5, 5.41) is 10.2. The van der Waals surface area contributed by atoms with Crippen molar-refractivity contribution in [2.45, 2.75) is 32.6 Å². The predicted octanol–water partition coefficient (Wildman–Crippen LogP) is 11.5. The minimum absolute atomic E-state index is 0.0893. The molecule has 1 heterocycles. The average molecular weight is 646 g/mol. The number of nitrogens with one attached hydrogen (secondary N) is 2. The number of hydrogen-bond donors (Lipinski definition) is 2. The van der Waals surface area contributed by atoms with Gasteiger partial charge in [-0.2, -0.15) is 0 Å². The first kappa shape index (κ1) is 30.2. The van der Waals surface area contributed by atoms with Crippen LogP contribution in [0.15, 0.2) is 157 Å². The third-order valence-electron chi connectivity index (χ3n) is 11.6. The van der Waals surface area contributed by atoms with Crippen LogP contribution in [0.2, 0.25) is 0 Å². The SMILES string of the molecule is CC12Cc3c(n(N/C(=C4/C=CC=CC4=N)c4ccccc4)c4cc(-c5ccccc5)ccc34)C=C1c1ccc(-c3ccccc3)cc1C2(C)C. The molecule has 1 unspecified atom stereocenters. The number of benzene rings is 5. The molecule has 0 aliphatic heterocycles. The minimum atomic E-state index is -0.103. The monoisotopic (exact) mass is 645 g/mol. The number of rotatable bonds is 5. The lowest BCUT2D eigenvalue weighted by molar-refractivity contribution is 0.267. The van der Waals surface area contributed by atoms with E-state index in [9.17, 15) is 0 Å². The first-order valence-electron chi connectivity index (χ1n) is 17.5. The number of allylic oxidation sites excluding steroid dienone is 6. The summed E-state index contributed by atoms with van der Waals surface area (Å²) >= 11 is 0. The van der Waals surface area contributed by atoms with Crippen LogP contribution in [0.1, 0.15) is 48.7 Å². The van der Waals surface area contributed by atoms with Crippen LogP contribution in [0.3, 0.4) is 0 Å². The Morgan fingerprint density at radius 3 is 1.98 bits per heavy atom. The summed E-state index contributed by atoms with van der Waals surface area (Å²) in [7, 11) is 0. The lowest BCUT2D eigenvalue weighted by Crippen LogP contribution is -2.38. The van der Waals surface area contributed by atoms with Gasteiger partial charge in [-0.3, -0.25) is 10.1 Å². The fourth-order valence-corrected chi connectivity index (χ4v) is 8.42. The summed E-state index contributed by atoms with van der Waals surface area (Å²) in [6.07, 6.45) is 11.2. The zero-order valence-corrected chi connectivity index (χ0v) is 28.7. The maximum atomic E-state index is 8.92. The highest BCUT2D eigenvalue weighted by molar-refractivity contribution is 6.15. The zero-order chi connectivity index (χ0) is 34.0. The molecule has 1 atom stereocenters. The van der Waals surface area contributed by atoms with Crippen LogP contribution in [0, 0.1) is 10.8 Å². The summed E-state index contributed by atoms with van der Waals surface area (Å²) in [6.45, 7) is 7.34. The smallest absolute Gasteiger partial charge is 0.0712 e. The highest BCUT2D eigenvalue weighted by Gasteiger charge is 2.54. The first-order valence-corrected chi connectivity index (χ1v) is 17.5. The Labute approximate surface area is 294 Å². The molecule has 0 spiro atoms. The van der Waals surface area contributed by atoms with E-state index in [0.29, 0.717) is 5.71 Å². The fraction of sp³-hybridized carbons (Fsp3) is 0.128. The number of nitrogens with zero attached hydrogens (tertiary/aromatic N) is 1. The largest absolute Gasteiger partial charge is 0.300 e. The van der Waals surface area contributed by atoms with Gasteiger partial charge in [0.2, 0.25) is 0 Å². The number of fused-ring (bicyclic) bond motifs is 6. The van der Waals surface area contributed by atoms with E-state index in [1.807, 2.05) is 30.4 Å². The summed E-state index contributed by atoms with van der Waals surface area (Å²) in [5.74, 6) is 0. The van der Waals surface area contributed by atoms with Crippen molar-refractivity contribution in [3.63, 3.8) is 0 Å². The van der Waals surface area contributed by atoms with E-state index in [4.69, 9.17) is 5.41 Å². The standard InChI is InChI=1S/C47H39N3/c1-46(2)40-27-34(31-15-7-4-8-16-31)24-26-37(40)41-29-44-39(30-47(41,46)3)36-25-23-35(32-17-9-5-10-18-32)28-43(36)50(44)49-45(33-19-11-6-12-20-33)38-21-13-14-22-42(38)48/h4-29,48-49H,30H2,1-3H3/b45-38-,48-42?. The highest BCUT2D eigenvalue weighted by atomic mass is 15.4. The third-order valence-corrected chi connectivity index (χ3v) is 11.6. The van der Waals surface area contributed by atoms with Crippen LogP contribution in [-0.2, 0) is 11.8 Å². The second-order valence-electron chi connectivity index (χ2n) is 14.5. The quantitative estimate of drug-likeness (QED) is 0.192. The second-order valence-corrected chi connectivity index (χ2v) is 14.5. The van der Waals surface area contributed by atoms with Gasteiger partial charge in [0, 0.05) is 27.4 Å². The molecule has 0 radical (unpaired) electrons. The molecule has 242 valence electrons. The highest BCUT2D eigenvalue weighted by Crippen LogP contribution is 2.63. The molecule has 50 heavy (non-hydrogen) atoms. The Morgan fingerprint density at radius 1 is 0.680 bits per heavy atom. The molecule has 1 aromatic heterocycles. The Kier molecular flexibility index (Phi) is 6.82. The molecule has 9 rings (SSSR count). The van der Waals surface area contributed by atoms with Crippen molar-refractivity contribution in [1.29, 1.82) is 5.41 Å². The van der Waals surface area contributed by atoms with Crippen molar-refractivity contribution in [2.24, 2.45) is 5.41 Å². The van der Waals surface area contributed by atoms with Gasteiger partial charge in [0.15, 0.2) is 0 Å². The Hall–Kier alpha value is -5.93. The van der Waals surface area contributed by atoms with Gasteiger partial charge in [0.25, 0.3) is 0 Å². The molecule has 0 saturated heterocycles. The molecule has 3 aliphatic carbocycles. The second kappa shape index (κ2) is 11.3. The van der Waals surface area contributed by atoms with E-state index in [1.54, 1.807) is 0 Å². The summed E-state index contributed by atoms with van der Waals surface area (Å²) < 4.78 is 2.29. The van der Waals surface area contributed by atoms with Crippen LogP contribution in [0.4, 0.5) is 0 Å². The van der Waals surface area contributed by atoms with Gasteiger partial charge in [-0.1, -0.05) is 154 Å². The normalized spacial score (nSPS) is 19.5. The van der Waals surface area contributed by atoms with Crippen molar-refractivity contribution in [3.05, 3.63) is 185 Å². The molecule has 2 N–H and O–H groups in total. The summed E-state index contributed by atoms with van der Waals surface area (Å²) in [6, 6.07) is 45.8.